The Hall–Kier alpha value is -2.16. The van der Waals surface area contributed by atoms with Gasteiger partial charge in [0.2, 0.25) is 5.91 Å². The Bertz CT molecular complexity index is 1110. The molecule has 0 atom stereocenters. The lowest BCUT2D eigenvalue weighted by molar-refractivity contribution is -0.129. The standard InChI is InChI=1S/C24H29N3O3S2/c1-30-14-13-27(12-6-9-17-7-3-2-4-8-17)21(28)16-31-15-20-25-23(29)22-18-10-5-11-19(18)32-24(22)26-20/h2-4,7-8H,5-6,9-16H2,1H3,(H,25,26,29). The van der Waals surface area contributed by atoms with Gasteiger partial charge in [0.05, 0.1) is 23.5 Å². The zero-order chi connectivity index (χ0) is 22.3. The second-order valence-electron chi connectivity index (χ2n) is 8.01. The van der Waals surface area contributed by atoms with Gasteiger partial charge in [-0.05, 0) is 43.2 Å². The number of nitrogens with zero attached hydrogens (tertiary/aromatic N) is 2. The quantitative estimate of drug-likeness (QED) is 0.460. The summed E-state index contributed by atoms with van der Waals surface area (Å²) in [6.45, 7) is 1.82. The van der Waals surface area contributed by atoms with E-state index in [0.717, 1.165) is 42.3 Å². The van der Waals surface area contributed by atoms with Crippen LogP contribution in [0.3, 0.4) is 0 Å². The molecule has 1 aliphatic carbocycles. The molecule has 0 saturated heterocycles. The van der Waals surface area contributed by atoms with Crippen molar-refractivity contribution in [1.82, 2.24) is 14.9 Å². The molecule has 170 valence electrons. The first-order valence-electron chi connectivity index (χ1n) is 11.1. The second-order valence-corrected chi connectivity index (χ2v) is 10.1. The van der Waals surface area contributed by atoms with Crippen molar-refractivity contribution < 1.29 is 9.53 Å². The molecule has 1 aromatic carbocycles. The number of aromatic nitrogens is 2. The molecule has 32 heavy (non-hydrogen) atoms. The number of carbonyl (C=O) groups excluding carboxylic acids is 1. The molecule has 0 unspecified atom stereocenters. The average molecular weight is 472 g/mol. The fourth-order valence-corrected chi connectivity index (χ4v) is 6.19. The second kappa shape index (κ2) is 11.1. The Balaban J connectivity index is 1.31. The number of thioether (sulfide) groups is 1. The smallest absolute Gasteiger partial charge is 0.259 e. The van der Waals surface area contributed by atoms with Crippen LogP contribution >= 0.6 is 23.1 Å². The van der Waals surface area contributed by atoms with Gasteiger partial charge in [0.25, 0.3) is 5.56 Å². The lowest BCUT2D eigenvalue weighted by atomic mass is 10.1. The van der Waals surface area contributed by atoms with Crippen molar-refractivity contribution in [2.24, 2.45) is 0 Å². The maximum atomic E-state index is 12.8. The van der Waals surface area contributed by atoms with Gasteiger partial charge in [-0.2, -0.15) is 0 Å². The number of benzene rings is 1. The third kappa shape index (κ3) is 5.60. The molecule has 2 heterocycles. The molecular weight excluding hydrogens is 442 g/mol. The van der Waals surface area contributed by atoms with Crippen LogP contribution in [-0.4, -0.2) is 53.3 Å². The lowest BCUT2D eigenvalue weighted by Gasteiger charge is -2.22. The number of amides is 1. The van der Waals surface area contributed by atoms with Crippen LogP contribution in [0.4, 0.5) is 0 Å². The number of carbonyl (C=O) groups is 1. The molecule has 0 radical (unpaired) electrons. The first-order chi connectivity index (χ1) is 15.7. The molecule has 0 spiro atoms. The molecule has 1 aliphatic rings. The van der Waals surface area contributed by atoms with E-state index in [4.69, 9.17) is 4.74 Å². The third-order valence-corrected chi connectivity index (χ3v) is 7.86. The molecule has 2 aromatic heterocycles. The number of H-pyrrole nitrogens is 1. The SMILES string of the molecule is COCCN(CCCc1ccccc1)C(=O)CSCc1nc2sc3c(c2c(=O)[nH]1)CCC3. The van der Waals surface area contributed by atoms with Gasteiger partial charge in [-0.3, -0.25) is 9.59 Å². The van der Waals surface area contributed by atoms with E-state index < -0.39 is 0 Å². The zero-order valence-electron chi connectivity index (χ0n) is 18.4. The summed E-state index contributed by atoms with van der Waals surface area (Å²) in [7, 11) is 1.65. The highest BCUT2D eigenvalue weighted by Gasteiger charge is 2.21. The number of nitrogens with one attached hydrogen (secondary N) is 1. The fourth-order valence-electron chi connectivity index (χ4n) is 4.12. The van der Waals surface area contributed by atoms with Crippen molar-refractivity contribution in [2.75, 3.05) is 32.6 Å². The van der Waals surface area contributed by atoms with E-state index in [0.29, 0.717) is 37.0 Å². The number of methoxy groups -OCH3 is 1. The monoisotopic (exact) mass is 471 g/mol. The van der Waals surface area contributed by atoms with Crippen LogP contribution in [-0.2, 0) is 34.5 Å². The van der Waals surface area contributed by atoms with E-state index in [9.17, 15) is 9.59 Å². The number of hydrogen-bond donors (Lipinski definition) is 1. The van der Waals surface area contributed by atoms with Crippen molar-refractivity contribution >= 4 is 39.2 Å². The van der Waals surface area contributed by atoms with Crippen LogP contribution in [0.15, 0.2) is 35.1 Å². The van der Waals surface area contributed by atoms with Crippen LogP contribution < -0.4 is 5.56 Å². The number of aromatic amines is 1. The molecule has 8 heteroatoms. The molecule has 0 fully saturated rings. The highest BCUT2D eigenvalue weighted by Crippen LogP contribution is 2.34. The fraction of sp³-hybridized carbons (Fsp3) is 0.458. The predicted molar refractivity (Wildman–Crippen MR) is 132 cm³/mol. The molecular formula is C24H29N3O3S2. The van der Waals surface area contributed by atoms with Gasteiger partial charge in [0.15, 0.2) is 0 Å². The molecule has 0 bridgehead atoms. The maximum Gasteiger partial charge on any atom is 0.259 e. The van der Waals surface area contributed by atoms with Gasteiger partial charge in [0.1, 0.15) is 10.7 Å². The summed E-state index contributed by atoms with van der Waals surface area (Å²) in [6, 6.07) is 10.3. The van der Waals surface area contributed by atoms with E-state index in [-0.39, 0.29) is 11.5 Å². The summed E-state index contributed by atoms with van der Waals surface area (Å²) < 4.78 is 5.19. The van der Waals surface area contributed by atoms with Crippen LogP contribution in [0.25, 0.3) is 10.2 Å². The Labute approximate surface area is 196 Å². The number of thiophene rings is 1. The Morgan fingerprint density at radius 1 is 1.25 bits per heavy atom. The van der Waals surface area contributed by atoms with E-state index in [1.54, 1.807) is 18.4 Å². The van der Waals surface area contributed by atoms with Crippen molar-refractivity contribution in [3.05, 3.63) is 62.5 Å². The summed E-state index contributed by atoms with van der Waals surface area (Å²) in [4.78, 5) is 37.0. The summed E-state index contributed by atoms with van der Waals surface area (Å²) in [5.74, 6) is 1.62. The first-order valence-corrected chi connectivity index (χ1v) is 13.0. The highest BCUT2D eigenvalue weighted by atomic mass is 32.2. The van der Waals surface area contributed by atoms with Crippen LogP contribution in [0.5, 0.6) is 0 Å². The average Bonchev–Trinajstić information content (AvgIpc) is 3.37. The third-order valence-electron chi connectivity index (χ3n) is 5.74. The number of ether oxygens (including phenoxy) is 1. The van der Waals surface area contributed by atoms with Crippen molar-refractivity contribution in [3.63, 3.8) is 0 Å². The van der Waals surface area contributed by atoms with Gasteiger partial charge >= 0.3 is 0 Å². The van der Waals surface area contributed by atoms with Crippen molar-refractivity contribution in [2.45, 2.75) is 37.9 Å². The van der Waals surface area contributed by atoms with Crippen LogP contribution in [0, 0.1) is 0 Å². The van der Waals surface area contributed by atoms with Gasteiger partial charge < -0.3 is 14.6 Å². The Kier molecular flexibility index (Phi) is 8.00. The Morgan fingerprint density at radius 2 is 2.09 bits per heavy atom. The Morgan fingerprint density at radius 3 is 2.91 bits per heavy atom. The molecule has 1 N–H and O–H groups in total. The minimum absolute atomic E-state index is 0.0426. The highest BCUT2D eigenvalue weighted by molar-refractivity contribution is 7.99. The summed E-state index contributed by atoms with van der Waals surface area (Å²) >= 11 is 3.14. The van der Waals surface area contributed by atoms with E-state index >= 15 is 0 Å². The number of hydrogen-bond acceptors (Lipinski definition) is 6. The zero-order valence-corrected chi connectivity index (χ0v) is 20.0. The minimum Gasteiger partial charge on any atom is -0.383 e. The van der Waals surface area contributed by atoms with Crippen LogP contribution in [0.1, 0.15) is 34.7 Å². The molecule has 1 amide bonds. The molecule has 0 saturated carbocycles. The maximum absolute atomic E-state index is 12.8. The van der Waals surface area contributed by atoms with Gasteiger partial charge in [-0.15, -0.1) is 23.1 Å². The van der Waals surface area contributed by atoms with E-state index in [1.165, 1.54) is 27.8 Å². The minimum atomic E-state index is -0.0426. The normalized spacial score (nSPS) is 12.9. The molecule has 4 rings (SSSR count). The lowest BCUT2D eigenvalue weighted by Crippen LogP contribution is -2.36. The summed E-state index contributed by atoms with van der Waals surface area (Å²) in [5, 5.41) is 0.775. The summed E-state index contributed by atoms with van der Waals surface area (Å²) in [5.41, 5.74) is 2.43. The molecule has 3 aromatic rings. The number of aryl methyl sites for hydroxylation is 3. The van der Waals surface area contributed by atoms with Crippen molar-refractivity contribution in [1.29, 1.82) is 0 Å². The number of fused-ring (bicyclic) bond motifs is 3. The largest absolute Gasteiger partial charge is 0.383 e. The summed E-state index contributed by atoms with van der Waals surface area (Å²) in [6.07, 6.45) is 5.01. The number of rotatable bonds is 11. The van der Waals surface area contributed by atoms with Gasteiger partial charge in [-0.1, -0.05) is 30.3 Å². The first kappa shape index (κ1) is 23.0. The van der Waals surface area contributed by atoms with Gasteiger partial charge in [0, 0.05) is 25.1 Å². The topological polar surface area (TPSA) is 75.3 Å². The molecule has 0 aliphatic heterocycles. The van der Waals surface area contributed by atoms with E-state index in [1.807, 2.05) is 23.1 Å². The predicted octanol–water partition coefficient (Wildman–Crippen LogP) is 3.81. The molecule has 6 nitrogen and oxygen atoms in total. The van der Waals surface area contributed by atoms with Crippen molar-refractivity contribution in [3.8, 4) is 0 Å². The van der Waals surface area contributed by atoms with Gasteiger partial charge in [-0.25, -0.2) is 4.98 Å². The van der Waals surface area contributed by atoms with Crippen LogP contribution in [0.2, 0.25) is 0 Å². The van der Waals surface area contributed by atoms with E-state index in [2.05, 4.69) is 22.1 Å².